The fraction of sp³-hybridized carbons (Fsp3) is 0.294. The van der Waals surface area contributed by atoms with Crippen LogP contribution >= 0.6 is 0 Å². The molecule has 0 amide bonds. The molecule has 2 unspecified atom stereocenters. The van der Waals surface area contributed by atoms with Gasteiger partial charge in [0.05, 0.1) is 5.56 Å². The molecule has 1 aliphatic heterocycles. The van der Waals surface area contributed by atoms with Gasteiger partial charge in [-0.05, 0) is 43.2 Å². The van der Waals surface area contributed by atoms with Gasteiger partial charge in [-0.1, -0.05) is 12.1 Å². The molecule has 3 rings (SSSR count). The number of halogens is 1. The second-order valence-corrected chi connectivity index (χ2v) is 5.50. The molecule has 1 aromatic carbocycles. The highest BCUT2D eigenvalue weighted by atomic mass is 19.1. The Labute approximate surface area is 123 Å². The quantitative estimate of drug-likeness (QED) is 0.846. The van der Waals surface area contributed by atoms with E-state index in [1.165, 1.54) is 17.7 Å². The SMILES string of the molecule is CC1CC(c2ccc(F)cc2)CN1c1ccc(C#N)cn1. The van der Waals surface area contributed by atoms with Gasteiger partial charge in [0, 0.05) is 24.7 Å². The Bertz CT molecular complexity index is 658. The van der Waals surface area contributed by atoms with Crippen LogP contribution in [-0.4, -0.2) is 17.6 Å². The topological polar surface area (TPSA) is 39.9 Å². The number of benzene rings is 1. The van der Waals surface area contributed by atoms with E-state index in [0.29, 0.717) is 17.5 Å². The van der Waals surface area contributed by atoms with Gasteiger partial charge >= 0.3 is 0 Å². The minimum Gasteiger partial charge on any atom is -0.353 e. The van der Waals surface area contributed by atoms with E-state index in [9.17, 15) is 4.39 Å². The third kappa shape index (κ3) is 2.73. The van der Waals surface area contributed by atoms with Gasteiger partial charge in [0.25, 0.3) is 0 Å². The first-order valence-corrected chi connectivity index (χ1v) is 7.05. The standard InChI is InChI=1S/C17H16FN3/c1-12-8-15(14-3-5-16(18)6-4-14)11-21(12)17-7-2-13(9-19)10-20-17/h2-7,10,12,15H,8,11H2,1H3. The van der Waals surface area contributed by atoms with Crippen LogP contribution < -0.4 is 4.90 Å². The van der Waals surface area contributed by atoms with Crippen LogP contribution in [0.5, 0.6) is 0 Å². The summed E-state index contributed by atoms with van der Waals surface area (Å²) in [7, 11) is 0. The van der Waals surface area contributed by atoms with Gasteiger partial charge in [0.15, 0.2) is 0 Å². The van der Waals surface area contributed by atoms with Crippen molar-refractivity contribution >= 4 is 5.82 Å². The second kappa shape index (κ2) is 5.53. The van der Waals surface area contributed by atoms with Gasteiger partial charge in [-0.3, -0.25) is 0 Å². The highest BCUT2D eigenvalue weighted by molar-refractivity contribution is 5.45. The first-order chi connectivity index (χ1) is 10.2. The minimum atomic E-state index is -0.199. The normalized spacial score (nSPS) is 21.3. The van der Waals surface area contributed by atoms with E-state index in [1.54, 1.807) is 12.3 Å². The van der Waals surface area contributed by atoms with Crippen molar-refractivity contribution in [2.75, 3.05) is 11.4 Å². The molecular formula is C17H16FN3. The highest BCUT2D eigenvalue weighted by Crippen LogP contribution is 2.34. The average Bonchev–Trinajstić information content (AvgIpc) is 2.90. The summed E-state index contributed by atoms with van der Waals surface area (Å²) in [5.41, 5.74) is 1.74. The highest BCUT2D eigenvalue weighted by Gasteiger charge is 2.30. The number of hydrogen-bond acceptors (Lipinski definition) is 3. The Hall–Kier alpha value is -2.41. The molecule has 0 bridgehead atoms. The predicted octanol–water partition coefficient (Wildman–Crippen LogP) is 3.47. The monoisotopic (exact) mass is 281 g/mol. The van der Waals surface area contributed by atoms with E-state index < -0.39 is 0 Å². The lowest BCUT2D eigenvalue weighted by atomic mass is 9.97. The molecule has 106 valence electrons. The van der Waals surface area contributed by atoms with E-state index in [0.717, 1.165) is 18.8 Å². The largest absolute Gasteiger partial charge is 0.353 e. The summed E-state index contributed by atoms with van der Waals surface area (Å²) >= 11 is 0. The van der Waals surface area contributed by atoms with Crippen LogP contribution in [0.1, 0.15) is 30.4 Å². The van der Waals surface area contributed by atoms with E-state index >= 15 is 0 Å². The lowest BCUT2D eigenvalue weighted by Gasteiger charge is -2.22. The summed E-state index contributed by atoms with van der Waals surface area (Å²) in [5, 5.41) is 8.82. The Morgan fingerprint density at radius 3 is 2.62 bits per heavy atom. The molecule has 0 spiro atoms. The Morgan fingerprint density at radius 2 is 2.00 bits per heavy atom. The molecule has 21 heavy (non-hydrogen) atoms. The first-order valence-electron chi connectivity index (χ1n) is 7.05. The number of nitriles is 1. The van der Waals surface area contributed by atoms with Gasteiger partial charge in [-0.25, -0.2) is 9.37 Å². The average molecular weight is 281 g/mol. The van der Waals surface area contributed by atoms with E-state index in [1.807, 2.05) is 18.2 Å². The van der Waals surface area contributed by atoms with Gasteiger partial charge in [-0.2, -0.15) is 5.26 Å². The summed E-state index contributed by atoms with van der Waals surface area (Å²) in [5.74, 6) is 1.08. The first kappa shape index (κ1) is 13.6. The van der Waals surface area contributed by atoms with Crippen molar-refractivity contribution < 1.29 is 4.39 Å². The van der Waals surface area contributed by atoms with Crippen molar-refractivity contribution in [2.24, 2.45) is 0 Å². The number of pyridine rings is 1. The number of rotatable bonds is 2. The van der Waals surface area contributed by atoms with Crippen LogP contribution in [0.25, 0.3) is 0 Å². The Morgan fingerprint density at radius 1 is 1.24 bits per heavy atom. The van der Waals surface area contributed by atoms with Crippen molar-refractivity contribution in [3.8, 4) is 6.07 Å². The molecule has 2 heterocycles. The molecule has 1 saturated heterocycles. The molecule has 2 atom stereocenters. The third-order valence-corrected chi connectivity index (χ3v) is 4.09. The molecule has 0 aliphatic carbocycles. The summed E-state index contributed by atoms with van der Waals surface area (Å²) in [6.07, 6.45) is 2.63. The van der Waals surface area contributed by atoms with Crippen molar-refractivity contribution in [1.82, 2.24) is 4.98 Å². The van der Waals surface area contributed by atoms with Crippen molar-refractivity contribution in [3.63, 3.8) is 0 Å². The number of aromatic nitrogens is 1. The molecule has 0 N–H and O–H groups in total. The summed E-state index contributed by atoms with van der Waals surface area (Å²) in [4.78, 5) is 6.61. The zero-order valence-electron chi connectivity index (χ0n) is 11.8. The summed E-state index contributed by atoms with van der Waals surface area (Å²) in [6, 6.07) is 12.9. The van der Waals surface area contributed by atoms with Gasteiger partial charge in [-0.15, -0.1) is 0 Å². The van der Waals surface area contributed by atoms with Crippen molar-refractivity contribution in [1.29, 1.82) is 5.26 Å². The van der Waals surface area contributed by atoms with Gasteiger partial charge in [0.1, 0.15) is 17.7 Å². The summed E-state index contributed by atoms with van der Waals surface area (Å²) in [6.45, 7) is 3.04. The van der Waals surface area contributed by atoms with Gasteiger partial charge < -0.3 is 4.90 Å². The van der Waals surface area contributed by atoms with Crippen LogP contribution in [0.3, 0.4) is 0 Å². The van der Waals surface area contributed by atoms with E-state index in [4.69, 9.17) is 5.26 Å². The second-order valence-electron chi connectivity index (χ2n) is 5.50. The molecule has 3 nitrogen and oxygen atoms in total. The van der Waals surface area contributed by atoms with Crippen LogP contribution in [0, 0.1) is 17.1 Å². The molecular weight excluding hydrogens is 265 g/mol. The molecule has 1 aliphatic rings. The molecule has 2 aromatic rings. The Kier molecular flexibility index (Phi) is 3.57. The zero-order valence-corrected chi connectivity index (χ0v) is 11.8. The minimum absolute atomic E-state index is 0.199. The number of anilines is 1. The van der Waals surface area contributed by atoms with Crippen LogP contribution in [0.2, 0.25) is 0 Å². The smallest absolute Gasteiger partial charge is 0.128 e. The predicted molar refractivity (Wildman–Crippen MR) is 79.5 cm³/mol. The maximum atomic E-state index is 13.0. The van der Waals surface area contributed by atoms with Crippen LogP contribution in [0.4, 0.5) is 10.2 Å². The fourth-order valence-corrected chi connectivity index (χ4v) is 2.95. The van der Waals surface area contributed by atoms with Crippen LogP contribution in [-0.2, 0) is 0 Å². The van der Waals surface area contributed by atoms with Crippen LogP contribution in [0.15, 0.2) is 42.6 Å². The molecule has 1 fully saturated rings. The summed E-state index contributed by atoms with van der Waals surface area (Å²) < 4.78 is 13.0. The molecule has 1 aromatic heterocycles. The number of hydrogen-bond donors (Lipinski definition) is 0. The molecule has 0 saturated carbocycles. The van der Waals surface area contributed by atoms with E-state index in [2.05, 4.69) is 22.9 Å². The van der Waals surface area contributed by atoms with Gasteiger partial charge in [0.2, 0.25) is 0 Å². The Balaban J connectivity index is 1.79. The lowest BCUT2D eigenvalue weighted by Crippen LogP contribution is -2.27. The maximum Gasteiger partial charge on any atom is 0.128 e. The molecule has 4 heteroatoms. The zero-order chi connectivity index (χ0) is 14.8. The van der Waals surface area contributed by atoms with Crippen molar-refractivity contribution in [2.45, 2.75) is 25.3 Å². The third-order valence-electron chi connectivity index (χ3n) is 4.09. The lowest BCUT2D eigenvalue weighted by molar-refractivity contribution is 0.625. The number of nitrogens with zero attached hydrogens (tertiary/aromatic N) is 3. The molecule has 0 radical (unpaired) electrons. The maximum absolute atomic E-state index is 13.0. The fourth-order valence-electron chi connectivity index (χ4n) is 2.95. The van der Waals surface area contributed by atoms with E-state index in [-0.39, 0.29) is 5.82 Å². The van der Waals surface area contributed by atoms with Crippen molar-refractivity contribution in [3.05, 3.63) is 59.5 Å².